The average Bonchev–Trinajstić information content (AvgIpc) is 2.54. The van der Waals surface area contributed by atoms with Crippen LogP contribution < -0.4 is 0 Å². The zero-order valence-corrected chi connectivity index (χ0v) is 12.8. The van der Waals surface area contributed by atoms with Crippen LogP contribution in [0.25, 0.3) is 0 Å². The van der Waals surface area contributed by atoms with Crippen molar-refractivity contribution in [1.29, 1.82) is 0 Å². The fourth-order valence-electron chi connectivity index (χ4n) is 2.85. The number of nitrogens with zero attached hydrogens (tertiary/aromatic N) is 4. The Morgan fingerprint density at radius 1 is 0.810 bits per heavy atom. The van der Waals surface area contributed by atoms with Gasteiger partial charge in [0.1, 0.15) is 0 Å². The smallest absolute Gasteiger partial charge is 0.312 e. The molecule has 2 heterocycles. The molecule has 2 saturated heterocycles. The summed E-state index contributed by atoms with van der Waals surface area (Å²) in [7, 11) is 0. The summed E-state index contributed by atoms with van der Waals surface area (Å²) in [5.74, 6) is -0.732. The molecule has 2 aliphatic heterocycles. The summed E-state index contributed by atoms with van der Waals surface area (Å²) in [5, 5.41) is 8.91. The number of hydrogen-bond acceptors (Lipinski definition) is 5. The molecule has 120 valence electrons. The van der Waals surface area contributed by atoms with E-state index in [4.69, 9.17) is 5.11 Å². The fourth-order valence-corrected chi connectivity index (χ4v) is 2.85. The molecule has 0 aromatic rings. The number of amides is 2. The Morgan fingerprint density at radius 2 is 1.24 bits per heavy atom. The molecule has 21 heavy (non-hydrogen) atoms. The highest BCUT2D eigenvalue weighted by atomic mass is 16.3. The van der Waals surface area contributed by atoms with E-state index in [9.17, 15) is 9.59 Å². The van der Waals surface area contributed by atoms with E-state index in [1.807, 2.05) is 0 Å². The van der Waals surface area contributed by atoms with E-state index in [0.717, 1.165) is 32.7 Å². The quantitative estimate of drug-likeness (QED) is 0.628. The van der Waals surface area contributed by atoms with Gasteiger partial charge in [0.2, 0.25) is 0 Å². The predicted molar refractivity (Wildman–Crippen MR) is 78.8 cm³/mol. The lowest BCUT2D eigenvalue weighted by Crippen LogP contribution is -2.56. The van der Waals surface area contributed by atoms with Gasteiger partial charge in [0.25, 0.3) is 0 Å². The van der Waals surface area contributed by atoms with Crippen LogP contribution in [0.4, 0.5) is 0 Å². The van der Waals surface area contributed by atoms with Crippen LogP contribution in [0.15, 0.2) is 0 Å². The van der Waals surface area contributed by atoms with Crippen LogP contribution in [0, 0.1) is 0 Å². The summed E-state index contributed by atoms with van der Waals surface area (Å²) in [6, 6.07) is 0. The molecule has 2 fully saturated rings. The minimum Gasteiger partial charge on any atom is -0.395 e. The molecule has 0 unspecified atom stereocenters. The molecule has 0 spiro atoms. The van der Waals surface area contributed by atoms with Crippen molar-refractivity contribution in [3.05, 3.63) is 0 Å². The van der Waals surface area contributed by atoms with Crippen molar-refractivity contribution in [2.45, 2.75) is 6.92 Å². The molecular weight excluding hydrogens is 272 g/mol. The lowest BCUT2D eigenvalue weighted by atomic mass is 10.2. The maximum atomic E-state index is 12.3. The third-order valence-electron chi connectivity index (χ3n) is 4.37. The van der Waals surface area contributed by atoms with Crippen molar-refractivity contribution < 1.29 is 14.7 Å². The first kappa shape index (κ1) is 16.2. The van der Waals surface area contributed by atoms with E-state index in [2.05, 4.69) is 16.7 Å². The molecule has 0 bridgehead atoms. The van der Waals surface area contributed by atoms with Crippen LogP contribution in [0.5, 0.6) is 0 Å². The predicted octanol–water partition coefficient (Wildman–Crippen LogP) is -1.71. The van der Waals surface area contributed by atoms with Gasteiger partial charge in [-0.05, 0) is 6.54 Å². The SMILES string of the molecule is CCN1CCN(C(=O)C(=O)N2CCN(CCO)CC2)CC1. The Morgan fingerprint density at radius 3 is 1.62 bits per heavy atom. The highest BCUT2D eigenvalue weighted by Crippen LogP contribution is 2.06. The number of aliphatic hydroxyl groups excluding tert-OH is 1. The Balaban J connectivity index is 1.79. The van der Waals surface area contributed by atoms with Crippen molar-refractivity contribution >= 4 is 11.8 Å². The summed E-state index contributed by atoms with van der Waals surface area (Å²) in [6.07, 6.45) is 0. The van der Waals surface area contributed by atoms with Gasteiger partial charge in [-0.15, -0.1) is 0 Å². The molecule has 0 aromatic carbocycles. The topological polar surface area (TPSA) is 67.3 Å². The van der Waals surface area contributed by atoms with Gasteiger partial charge in [-0.25, -0.2) is 0 Å². The van der Waals surface area contributed by atoms with Crippen LogP contribution in [-0.2, 0) is 9.59 Å². The van der Waals surface area contributed by atoms with E-state index in [0.29, 0.717) is 32.7 Å². The Hall–Kier alpha value is -1.18. The largest absolute Gasteiger partial charge is 0.395 e. The van der Waals surface area contributed by atoms with Gasteiger partial charge in [0.15, 0.2) is 0 Å². The van der Waals surface area contributed by atoms with E-state index >= 15 is 0 Å². The minimum absolute atomic E-state index is 0.134. The molecule has 0 aliphatic carbocycles. The van der Waals surface area contributed by atoms with Crippen LogP contribution in [0.3, 0.4) is 0 Å². The molecule has 1 N–H and O–H groups in total. The standard InChI is InChI=1S/C14H26N4O3/c1-2-15-3-7-17(8-4-15)13(20)14(21)18-9-5-16(6-10-18)11-12-19/h19H,2-12H2,1H3. The van der Waals surface area contributed by atoms with Gasteiger partial charge >= 0.3 is 11.8 Å². The molecule has 0 aromatic heterocycles. The van der Waals surface area contributed by atoms with Crippen LogP contribution >= 0.6 is 0 Å². The van der Waals surface area contributed by atoms with E-state index in [-0.39, 0.29) is 18.4 Å². The second-order valence-electron chi connectivity index (χ2n) is 5.58. The first-order valence-corrected chi connectivity index (χ1v) is 7.79. The normalized spacial score (nSPS) is 21.6. The molecule has 0 atom stereocenters. The number of likely N-dealkylation sites (N-methyl/N-ethyl adjacent to an activating group) is 1. The van der Waals surface area contributed by atoms with Gasteiger partial charge < -0.3 is 19.8 Å². The number of carbonyl (C=O) groups excluding carboxylic acids is 2. The third-order valence-corrected chi connectivity index (χ3v) is 4.37. The van der Waals surface area contributed by atoms with Gasteiger partial charge in [0, 0.05) is 58.9 Å². The molecule has 2 aliphatic rings. The second-order valence-corrected chi connectivity index (χ2v) is 5.58. The molecule has 0 radical (unpaired) electrons. The second kappa shape index (κ2) is 7.72. The van der Waals surface area contributed by atoms with Crippen molar-refractivity contribution in [2.75, 3.05) is 72.1 Å². The molecule has 7 heteroatoms. The summed E-state index contributed by atoms with van der Waals surface area (Å²) < 4.78 is 0. The fraction of sp³-hybridized carbons (Fsp3) is 0.857. The van der Waals surface area contributed by atoms with E-state index < -0.39 is 0 Å². The zero-order chi connectivity index (χ0) is 15.2. The molecule has 2 rings (SSSR count). The molecule has 2 amide bonds. The van der Waals surface area contributed by atoms with Crippen LogP contribution in [0.1, 0.15) is 6.92 Å². The number of carbonyl (C=O) groups is 2. The van der Waals surface area contributed by atoms with Gasteiger partial charge in [0.05, 0.1) is 6.61 Å². The van der Waals surface area contributed by atoms with Crippen molar-refractivity contribution in [2.24, 2.45) is 0 Å². The molecular formula is C14H26N4O3. The highest BCUT2D eigenvalue weighted by Gasteiger charge is 2.30. The number of aliphatic hydroxyl groups is 1. The maximum Gasteiger partial charge on any atom is 0.312 e. The molecule has 0 saturated carbocycles. The van der Waals surface area contributed by atoms with Crippen molar-refractivity contribution in [3.8, 4) is 0 Å². The third kappa shape index (κ3) is 4.15. The lowest BCUT2D eigenvalue weighted by molar-refractivity contribution is -0.153. The molecule has 7 nitrogen and oxygen atoms in total. The van der Waals surface area contributed by atoms with Crippen LogP contribution in [0.2, 0.25) is 0 Å². The first-order chi connectivity index (χ1) is 10.2. The van der Waals surface area contributed by atoms with E-state index in [1.54, 1.807) is 9.80 Å². The van der Waals surface area contributed by atoms with Crippen molar-refractivity contribution in [3.63, 3.8) is 0 Å². The van der Waals surface area contributed by atoms with Crippen molar-refractivity contribution in [1.82, 2.24) is 19.6 Å². The maximum absolute atomic E-state index is 12.3. The van der Waals surface area contributed by atoms with Gasteiger partial charge in [-0.2, -0.15) is 0 Å². The summed E-state index contributed by atoms with van der Waals surface area (Å²) in [5.41, 5.74) is 0. The number of piperazine rings is 2. The Bertz CT molecular complexity index is 361. The number of rotatable bonds is 3. The highest BCUT2D eigenvalue weighted by molar-refractivity contribution is 6.34. The van der Waals surface area contributed by atoms with Gasteiger partial charge in [-0.1, -0.05) is 6.92 Å². The minimum atomic E-state index is -0.372. The number of hydrogen-bond donors (Lipinski definition) is 1. The van der Waals surface area contributed by atoms with Crippen LogP contribution in [-0.4, -0.2) is 109 Å². The van der Waals surface area contributed by atoms with E-state index in [1.165, 1.54) is 0 Å². The zero-order valence-electron chi connectivity index (χ0n) is 12.8. The summed E-state index contributed by atoms with van der Waals surface area (Å²) in [4.78, 5) is 32.2. The monoisotopic (exact) mass is 298 g/mol. The number of β-amino-alcohol motifs (C(OH)–C–C–N with tert-alkyl or cyclic N) is 1. The summed E-state index contributed by atoms with van der Waals surface area (Å²) >= 11 is 0. The first-order valence-electron chi connectivity index (χ1n) is 7.79. The summed E-state index contributed by atoms with van der Waals surface area (Å²) in [6.45, 7) is 9.43. The Labute approximate surface area is 126 Å². The van der Waals surface area contributed by atoms with Gasteiger partial charge in [-0.3, -0.25) is 14.5 Å². The average molecular weight is 298 g/mol. The Kier molecular flexibility index (Phi) is 5.96. The lowest BCUT2D eigenvalue weighted by Gasteiger charge is -2.37.